The van der Waals surface area contributed by atoms with Gasteiger partial charge in [-0.1, -0.05) is 0 Å². The first kappa shape index (κ1) is 11.7. The van der Waals surface area contributed by atoms with E-state index in [1.165, 1.54) is 18.6 Å². The topological polar surface area (TPSA) is 61.4 Å². The van der Waals surface area contributed by atoms with Gasteiger partial charge in [0.25, 0.3) is 0 Å². The number of urea groups is 1. The number of thioether (sulfide) groups is 1. The molecule has 1 heterocycles. The van der Waals surface area contributed by atoms with Gasteiger partial charge in [-0.05, 0) is 30.3 Å². The Morgan fingerprint density at radius 1 is 1.50 bits per heavy atom. The van der Waals surface area contributed by atoms with Gasteiger partial charge in [0.15, 0.2) is 0 Å². The van der Waals surface area contributed by atoms with Gasteiger partial charge < -0.3 is 15.7 Å². The zero-order valence-corrected chi connectivity index (χ0v) is 9.11. The van der Waals surface area contributed by atoms with Crippen molar-refractivity contribution in [3.05, 3.63) is 0 Å². The average molecular weight is 218 g/mol. The molecule has 2 amide bonds. The molecule has 1 aliphatic heterocycles. The molecule has 3 N–H and O–H groups in total. The fourth-order valence-corrected chi connectivity index (χ4v) is 2.59. The van der Waals surface area contributed by atoms with E-state index in [0.717, 1.165) is 12.3 Å². The van der Waals surface area contributed by atoms with Crippen molar-refractivity contribution in [1.29, 1.82) is 0 Å². The molecule has 0 aliphatic carbocycles. The zero-order valence-electron chi connectivity index (χ0n) is 8.29. The van der Waals surface area contributed by atoms with Crippen molar-refractivity contribution in [2.24, 2.45) is 5.92 Å². The van der Waals surface area contributed by atoms with Crippen LogP contribution in [0.5, 0.6) is 0 Å². The second-order valence-electron chi connectivity index (χ2n) is 3.44. The van der Waals surface area contributed by atoms with E-state index >= 15 is 0 Å². The highest BCUT2D eigenvalue weighted by Gasteiger charge is 2.14. The fraction of sp³-hybridized carbons (Fsp3) is 0.889. The number of rotatable bonds is 4. The minimum Gasteiger partial charge on any atom is -0.395 e. The van der Waals surface area contributed by atoms with Gasteiger partial charge in [0.2, 0.25) is 0 Å². The SMILES string of the molecule is O=C(NCCO)NCC1CCCSC1. The van der Waals surface area contributed by atoms with Crippen LogP contribution in [0.1, 0.15) is 12.8 Å². The number of aliphatic hydroxyl groups excluding tert-OH is 1. The van der Waals surface area contributed by atoms with Gasteiger partial charge in [-0.25, -0.2) is 4.79 Å². The average Bonchev–Trinajstić information content (AvgIpc) is 2.25. The Morgan fingerprint density at radius 3 is 3.00 bits per heavy atom. The van der Waals surface area contributed by atoms with Gasteiger partial charge in [0, 0.05) is 13.1 Å². The van der Waals surface area contributed by atoms with Crippen molar-refractivity contribution >= 4 is 17.8 Å². The molecule has 82 valence electrons. The minimum atomic E-state index is -0.172. The van der Waals surface area contributed by atoms with Crippen molar-refractivity contribution in [3.8, 4) is 0 Å². The fourth-order valence-electron chi connectivity index (χ4n) is 1.44. The van der Waals surface area contributed by atoms with E-state index in [4.69, 9.17) is 5.11 Å². The molecule has 1 atom stereocenters. The zero-order chi connectivity index (χ0) is 10.2. The molecule has 1 aliphatic rings. The smallest absolute Gasteiger partial charge is 0.314 e. The van der Waals surface area contributed by atoms with Crippen LogP contribution in [-0.2, 0) is 0 Å². The predicted molar refractivity (Wildman–Crippen MR) is 58.5 cm³/mol. The lowest BCUT2D eigenvalue weighted by atomic mass is 10.1. The summed E-state index contributed by atoms with van der Waals surface area (Å²) >= 11 is 1.96. The van der Waals surface area contributed by atoms with Gasteiger partial charge in [0.05, 0.1) is 6.61 Å². The van der Waals surface area contributed by atoms with Crippen LogP contribution in [0.25, 0.3) is 0 Å². The van der Waals surface area contributed by atoms with E-state index in [1.807, 2.05) is 11.8 Å². The van der Waals surface area contributed by atoms with E-state index in [-0.39, 0.29) is 12.6 Å². The van der Waals surface area contributed by atoms with Gasteiger partial charge in [-0.2, -0.15) is 11.8 Å². The maximum absolute atomic E-state index is 11.1. The second kappa shape index (κ2) is 6.95. The Hall–Kier alpha value is -0.420. The van der Waals surface area contributed by atoms with E-state index in [2.05, 4.69) is 10.6 Å². The standard InChI is InChI=1S/C9H18N2O2S/c12-4-3-10-9(13)11-6-8-2-1-5-14-7-8/h8,12H,1-7H2,(H2,10,11,13). The highest BCUT2D eigenvalue weighted by molar-refractivity contribution is 7.99. The lowest BCUT2D eigenvalue weighted by Crippen LogP contribution is -2.40. The molecule has 0 bridgehead atoms. The predicted octanol–water partition coefficient (Wildman–Crippen LogP) is 0.421. The Morgan fingerprint density at radius 2 is 2.36 bits per heavy atom. The molecule has 1 saturated heterocycles. The monoisotopic (exact) mass is 218 g/mol. The molecule has 0 saturated carbocycles. The first-order chi connectivity index (χ1) is 6.83. The number of carbonyl (C=O) groups excluding carboxylic acids is 1. The van der Waals surface area contributed by atoms with Gasteiger partial charge in [-0.15, -0.1) is 0 Å². The van der Waals surface area contributed by atoms with Gasteiger partial charge >= 0.3 is 6.03 Å². The maximum Gasteiger partial charge on any atom is 0.314 e. The summed E-state index contributed by atoms with van der Waals surface area (Å²) in [7, 11) is 0. The normalized spacial score (nSPS) is 21.6. The molecule has 1 fully saturated rings. The first-order valence-electron chi connectivity index (χ1n) is 5.03. The molecule has 0 aromatic carbocycles. The number of nitrogens with one attached hydrogen (secondary N) is 2. The van der Waals surface area contributed by atoms with Crippen LogP contribution in [0.3, 0.4) is 0 Å². The lowest BCUT2D eigenvalue weighted by molar-refractivity contribution is 0.232. The molecule has 0 aromatic heterocycles. The molecule has 14 heavy (non-hydrogen) atoms. The third kappa shape index (κ3) is 4.72. The minimum absolute atomic E-state index is 0.00724. The summed E-state index contributed by atoms with van der Waals surface area (Å²) in [6, 6.07) is -0.172. The largest absolute Gasteiger partial charge is 0.395 e. The quantitative estimate of drug-likeness (QED) is 0.641. The Bertz CT molecular complexity index is 172. The first-order valence-corrected chi connectivity index (χ1v) is 6.18. The summed E-state index contributed by atoms with van der Waals surface area (Å²) in [6.07, 6.45) is 2.47. The van der Waals surface area contributed by atoms with Crippen LogP contribution < -0.4 is 10.6 Å². The third-order valence-electron chi connectivity index (χ3n) is 2.20. The molecule has 0 radical (unpaired) electrons. The van der Waals surface area contributed by atoms with Crippen LogP contribution >= 0.6 is 11.8 Å². The molecular weight excluding hydrogens is 200 g/mol. The summed E-state index contributed by atoms with van der Waals surface area (Å²) in [5.74, 6) is 3.03. The van der Waals surface area contributed by atoms with Crippen LogP contribution in [0.4, 0.5) is 4.79 Å². The summed E-state index contributed by atoms with van der Waals surface area (Å²) < 4.78 is 0. The molecule has 0 spiro atoms. The van der Waals surface area contributed by atoms with Crippen LogP contribution in [-0.4, -0.2) is 42.3 Å². The molecule has 4 nitrogen and oxygen atoms in total. The van der Waals surface area contributed by atoms with E-state index in [0.29, 0.717) is 12.5 Å². The summed E-state index contributed by atoms with van der Waals surface area (Å²) in [4.78, 5) is 11.1. The van der Waals surface area contributed by atoms with E-state index in [9.17, 15) is 4.79 Å². The Balaban J connectivity index is 2.03. The highest BCUT2D eigenvalue weighted by Crippen LogP contribution is 2.21. The Kier molecular flexibility index (Phi) is 5.78. The number of hydrogen-bond acceptors (Lipinski definition) is 3. The van der Waals surface area contributed by atoms with Crippen molar-refractivity contribution in [2.45, 2.75) is 12.8 Å². The van der Waals surface area contributed by atoms with Crippen molar-refractivity contribution in [2.75, 3.05) is 31.2 Å². The van der Waals surface area contributed by atoms with Crippen molar-refractivity contribution < 1.29 is 9.90 Å². The van der Waals surface area contributed by atoms with E-state index < -0.39 is 0 Å². The van der Waals surface area contributed by atoms with Crippen molar-refractivity contribution in [1.82, 2.24) is 10.6 Å². The highest BCUT2D eigenvalue weighted by atomic mass is 32.2. The molecule has 5 heteroatoms. The molecular formula is C9H18N2O2S. The van der Waals surface area contributed by atoms with Crippen molar-refractivity contribution in [3.63, 3.8) is 0 Å². The second-order valence-corrected chi connectivity index (χ2v) is 4.59. The summed E-state index contributed by atoms with van der Waals surface area (Å²) in [6.45, 7) is 1.07. The third-order valence-corrected chi connectivity index (χ3v) is 3.49. The summed E-state index contributed by atoms with van der Waals surface area (Å²) in [5, 5.41) is 13.9. The lowest BCUT2D eigenvalue weighted by Gasteiger charge is -2.21. The molecule has 0 aromatic rings. The van der Waals surface area contributed by atoms with E-state index in [1.54, 1.807) is 0 Å². The number of aliphatic hydroxyl groups is 1. The molecule has 1 unspecified atom stereocenters. The Labute approximate surface area is 88.8 Å². The number of carbonyl (C=O) groups is 1. The summed E-state index contributed by atoms with van der Waals surface area (Å²) in [5.41, 5.74) is 0. The van der Waals surface area contributed by atoms with Crippen LogP contribution in [0.15, 0.2) is 0 Å². The number of amides is 2. The maximum atomic E-state index is 11.1. The van der Waals surface area contributed by atoms with Crippen LogP contribution in [0, 0.1) is 5.92 Å². The van der Waals surface area contributed by atoms with Crippen LogP contribution in [0.2, 0.25) is 0 Å². The molecule has 1 rings (SSSR count). The van der Waals surface area contributed by atoms with Gasteiger partial charge in [-0.3, -0.25) is 0 Å². The number of hydrogen-bond donors (Lipinski definition) is 3. The van der Waals surface area contributed by atoms with Gasteiger partial charge in [0.1, 0.15) is 0 Å².